The molecule has 0 aromatic carbocycles. The second kappa shape index (κ2) is 5.50. The Morgan fingerprint density at radius 2 is 1.69 bits per heavy atom. The monoisotopic (exact) mass is 225 g/mol. The summed E-state index contributed by atoms with van der Waals surface area (Å²) >= 11 is 0. The van der Waals surface area contributed by atoms with Gasteiger partial charge in [-0.1, -0.05) is 39.0 Å². The summed E-state index contributed by atoms with van der Waals surface area (Å²) in [4.78, 5) is 2.54. The molecule has 2 fully saturated rings. The SMILES string of the molecule is CCN(CC1(O)CCCCC1)C1CCCC1. The molecule has 0 bridgehead atoms. The normalized spacial score (nSPS) is 26.4. The quantitative estimate of drug-likeness (QED) is 0.795. The molecule has 0 saturated heterocycles. The van der Waals surface area contributed by atoms with Crippen molar-refractivity contribution in [2.45, 2.75) is 76.4 Å². The van der Waals surface area contributed by atoms with Crippen molar-refractivity contribution in [3.63, 3.8) is 0 Å². The van der Waals surface area contributed by atoms with Crippen molar-refractivity contribution in [3.05, 3.63) is 0 Å². The van der Waals surface area contributed by atoms with Crippen molar-refractivity contribution in [2.24, 2.45) is 0 Å². The first-order valence-corrected chi connectivity index (χ1v) is 7.20. The van der Waals surface area contributed by atoms with Gasteiger partial charge in [-0.2, -0.15) is 0 Å². The summed E-state index contributed by atoms with van der Waals surface area (Å²) in [7, 11) is 0. The predicted molar refractivity (Wildman–Crippen MR) is 67.5 cm³/mol. The fourth-order valence-corrected chi connectivity index (χ4v) is 3.51. The lowest BCUT2D eigenvalue weighted by Gasteiger charge is -2.39. The highest BCUT2D eigenvalue weighted by Gasteiger charge is 2.33. The van der Waals surface area contributed by atoms with Gasteiger partial charge in [-0.05, 0) is 32.2 Å². The Balaban J connectivity index is 1.89. The third-order valence-electron chi connectivity index (χ3n) is 4.53. The molecular formula is C14H27NO. The Morgan fingerprint density at radius 3 is 2.25 bits per heavy atom. The number of nitrogens with zero attached hydrogens (tertiary/aromatic N) is 1. The maximum absolute atomic E-state index is 10.6. The molecule has 16 heavy (non-hydrogen) atoms. The number of rotatable bonds is 4. The zero-order valence-corrected chi connectivity index (χ0v) is 10.7. The van der Waals surface area contributed by atoms with Crippen molar-refractivity contribution in [1.82, 2.24) is 4.90 Å². The van der Waals surface area contributed by atoms with Crippen LogP contribution in [0.1, 0.15) is 64.7 Å². The molecule has 0 aliphatic heterocycles. The summed E-state index contributed by atoms with van der Waals surface area (Å²) in [5.74, 6) is 0. The van der Waals surface area contributed by atoms with Gasteiger partial charge in [0.2, 0.25) is 0 Å². The Hall–Kier alpha value is -0.0800. The molecule has 0 aromatic heterocycles. The highest BCUT2D eigenvalue weighted by Crippen LogP contribution is 2.31. The molecule has 0 amide bonds. The molecule has 2 aliphatic rings. The smallest absolute Gasteiger partial charge is 0.0774 e. The van der Waals surface area contributed by atoms with Crippen molar-refractivity contribution >= 4 is 0 Å². The van der Waals surface area contributed by atoms with Gasteiger partial charge in [0.15, 0.2) is 0 Å². The molecule has 2 nitrogen and oxygen atoms in total. The molecule has 0 aromatic rings. The third kappa shape index (κ3) is 2.98. The molecular weight excluding hydrogens is 198 g/mol. The zero-order valence-electron chi connectivity index (χ0n) is 10.7. The Bertz CT molecular complexity index is 205. The van der Waals surface area contributed by atoms with E-state index in [0.29, 0.717) is 0 Å². The molecule has 2 rings (SSSR count). The molecule has 94 valence electrons. The van der Waals surface area contributed by atoms with Crippen LogP contribution in [-0.4, -0.2) is 34.7 Å². The molecule has 0 radical (unpaired) electrons. The van der Waals surface area contributed by atoms with Crippen LogP contribution in [0.25, 0.3) is 0 Å². The summed E-state index contributed by atoms with van der Waals surface area (Å²) in [5, 5.41) is 10.6. The van der Waals surface area contributed by atoms with E-state index in [0.717, 1.165) is 32.0 Å². The lowest BCUT2D eigenvalue weighted by atomic mass is 9.84. The third-order valence-corrected chi connectivity index (χ3v) is 4.53. The predicted octanol–water partition coefficient (Wildman–Crippen LogP) is 2.95. The van der Waals surface area contributed by atoms with E-state index in [1.807, 2.05) is 0 Å². The van der Waals surface area contributed by atoms with Gasteiger partial charge in [0, 0.05) is 12.6 Å². The minimum absolute atomic E-state index is 0.364. The van der Waals surface area contributed by atoms with Gasteiger partial charge in [-0.3, -0.25) is 4.90 Å². The van der Waals surface area contributed by atoms with Crippen molar-refractivity contribution in [1.29, 1.82) is 0 Å². The first kappa shape index (κ1) is 12.4. The molecule has 2 heteroatoms. The van der Waals surface area contributed by atoms with Crippen LogP contribution in [0.3, 0.4) is 0 Å². The van der Waals surface area contributed by atoms with Crippen LogP contribution in [0.5, 0.6) is 0 Å². The van der Waals surface area contributed by atoms with Crippen LogP contribution in [-0.2, 0) is 0 Å². The largest absolute Gasteiger partial charge is 0.389 e. The Labute approximate surface area is 100 Å². The molecule has 0 heterocycles. The Morgan fingerprint density at radius 1 is 1.06 bits per heavy atom. The molecule has 0 unspecified atom stereocenters. The van der Waals surface area contributed by atoms with Crippen molar-refractivity contribution in [3.8, 4) is 0 Å². The second-order valence-electron chi connectivity index (χ2n) is 5.79. The summed E-state index contributed by atoms with van der Waals surface area (Å²) in [6, 6.07) is 0.760. The minimum Gasteiger partial charge on any atom is -0.389 e. The fraction of sp³-hybridized carbons (Fsp3) is 1.00. The number of likely N-dealkylation sites (N-methyl/N-ethyl adjacent to an activating group) is 1. The van der Waals surface area contributed by atoms with E-state index in [-0.39, 0.29) is 5.60 Å². The fourth-order valence-electron chi connectivity index (χ4n) is 3.51. The average Bonchev–Trinajstić information content (AvgIpc) is 2.80. The van der Waals surface area contributed by atoms with Crippen molar-refractivity contribution in [2.75, 3.05) is 13.1 Å². The topological polar surface area (TPSA) is 23.5 Å². The van der Waals surface area contributed by atoms with Crippen LogP contribution in [0, 0.1) is 0 Å². The van der Waals surface area contributed by atoms with E-state index in [9.17, 15) is 5.11 Å². The first-order valence-electron chi connectivity index (χ1n) is 7.20. The summed E-state index contributed by atoms with van der Waals surface area (Å²) in [6.45, 7) is 4.27. The second-order valence-corrected chi connectivity index (χ2v) is 5.79. The van der Waals surface area contributed by atoms with Crippen LogP contribution >= 0.6 is 0 Å². The van der Waals surface area contributed by atoms with Gasteiger partial charge in [-0.15, -0.1) is 0 Å². The first-order chi connectivity index (χ1) is 7.73. The highest BCUT2D eigenvalue weighted by molar-refractivity contribution is 4.88. The summed E-state index contributed by atoms with van der Waals surface area (Å²) < 4.78 is 0. The molecule has 2 saturated carbocycles. The lowest BCUT2D eigenvalue weighted by molar-refractivity contribution is -0.0341. The lowest BCUT2D eigenvalue weighted by Crippen LogP contribution is -2.47. The van der Waals surface area contributed by atoms with E-state index < -0.39 is 0 Å². The molecule has 0 spiro atoms. The summed E-state index contributed by atoms with van der Waals surface area (Å²) in [5.41, 5.74) is -0.364. The van der Waals surface area contributed by atoms with Crippen molar-refractivity contribution < 1.29 is 5.11 Å². The number of hydrogen-bond acceptors (Lipinski definition) is 2. The van der Waals surface area contributed by atoms with E-state index in [4.69, 9.17) is 0 Å². The Kier molecular flexibility index (Phi) is 4.26. The van der Waals surface area contributed by atoms with E-state index in [1.165, 1.54) is 44.9 Å². The van der Waals surface area contributed by atoms with Gasteiger partial charge < -0.3 is 5.11 Å². The van der Waals surface area contributed by atoms with Crippen LogP contribution in [0.2, 0.25) is 0 Å². The molecule has 1 N–H and O–H groups in total. The van der Waals surface area contributed by atoms with E-state index >= 15 is 0 Å². The van der Waals surface area contributed by atoms with Crippen LogP contribution < -0.4 is 0 Å². The van der Waals surface area contributed by atoms with E-state index in [2.05, 4.69) is 11.8 Å². The van der Waals surface area contributed by atoms with Gasteiger partial charge in [0.05, 0.1) is 5.60 Å². The van der Waals surface area contributed by atoms with E-state index in [1.54, 1.807) is 0 Å². The number of hydrogen-bond donors (Lipinski definition) is 1. The number of aliphatic hydroxyl groups is 1. The zero-order chi connectivity index (χ0) is 11.4. The minimum atomic E-state index is -0.364. The molecule has 0 atom stereocenters. The van der Waals surface area contributed by atoms with Crippen LogP contribution in [0.15, 0.2) is 0 Å². The van der Waals surface area contributed by atoms with Gasteiger partial charge in [0.25, 0.3) is 0 Å². The van der Waals surface area contributed by atoms with Gasteiger partial charge in [0.1, 0.15) is 0 Å². The maximum atomic E-state index is 10.6. The standard InChI is InChI=1S/C14H27NO/c1-2-15(13-8-4-5-9-13)12-14(16)10-6-3-7-11-14/h13,16H,2-12H2,1H3. The highest BCUT2D eigenvalue weighted by atomic mass is 16.3. The van der Waals surface area contributed by atoms with Crippen LogP contribution in [0.4, 0.5) is 0 Å². The van der Waals surface area contributed by atoms with Gasteiger partial charge >= 0.3 is 0 Å². The van der Waals surface area contributed by atoms with Gasteiger partial charge in [-0.25, -0.2) is 0 Å². The maximum Gasteiger partial charge on any atom is 0.0774 e. The summed E-state index contributed by atoms with van der Waals surface area (Å²) in [6.07, 6.45) is 11.3. The molecule has 2 aliphatic carbocycles. The average molecular weight is 225 g/mol.